The first-order valence-electron chi connectivity index (χ1n) is 5.74. The van der Waals surface area contributed by atoms with Gasteiger partial charge in [-0.2, -0.15) is 0 Å². The number of halogens is 1. The van der Waals surface area contributed by atoms with E-state index in [-0.39, 0.29) is 5.82 Å². The van der Waals surface area contributed by atoms with Gasteiger partial charge in [0.2, 0.25) is 0 Å². The van der Waals surface area contributed by atoms with Gasteiger partial charge in [0.25, 0.3) is 0 Å². The predicted octanol–water partition coefficient (Wildman–Crippen LogP) is 4.55. The molecule has 3 aromatic rings. The Kier molecular flexibility index (Phi) is 3.16. The zero-order chi connectivity index (χ0) is 13.4. The molecule has 19 heavy (non-hydrogen) atoms. The second-order valence-electron chi connectivity index (χ2n) is 4.13. The average molecular weight is 290 g/mol. The van der Waals surface area contributed by atoms with Gasteiger partial charge in [0, 0.05) is 16.6 Å². The lowest BCUT2D eigenvalue weighted by atomic mass is 10.2. The van der Waals surface area contributed by atoms with Gasteiger partial charge in [-0.25, -0.2) is 4.39 Å². The normalized spacial score (nSPS) is 11.1. The number of imidazole rings is 1. The van der Waals surface area contributed by atoms with E-state index in [1.54, 1.807) is 17.8 Å². The van der Waals surface area contributed by atoms with Crippen molar-refractivity contribution in [2.75, 3.05) is 6.26 Å². The fourth-order valence-corrected chi connectivity index (χ4v) is 2.85. The van der Waals surface area contributed by atoms with Crippen LogP contribution >= 0.6 is 24.0 Å². The molecule has 0 radical (unpaired) electrons. The van der Waals surface area contributed by atoms with Crippen LogP contribution in [0.4, 0.5) is 4.39 Å². The van der Waals surface area contributed by atoms with Crippen molar-refractivity contribution in [3.05, 3.63) is 53.1 Å². The quantitative estimate of drug-likeness (QED) is 0.552. The van der Waals surface area contributed by atoms with E-state index in [2.05, 4.69) is 4.98 Å². The summed E-state index contributed by atoms with van der Waals surface area (Å²) in [6.45, 7) is 0. The number of nitrogens with one attached hydrogen (secondary N) is 1. The SMILES string of the molecule is CSc1cccc(-n2c(=S)[nH]c3ccc(F)cc32)c1. The van der Waals surface area contributed by atoms with Gasteiger partial charge < -0.3 is 4.98 Å². The molecule has 0 unspecified atom stereocenters. The number of aromatic nitrogens is 2. The van der Waals surface area contributed by atoms with Crippen LogP contribution in [0.15, 0.2) is 47.4 Å². The van der Waals surface area contributed by atoms with Crippen LogP contribution in [0.3, 0.4) is 0 Å². The van der Waals surface area contributed by atoms with Crippen molar-refractivity contribution in [1.82, 2.24) is 9.55 Å². The molecular formula is C14H11FN2S2. The molecule has 1 N–H and O–H groups in total. The highest BCUT2D eigenvalue weighted by molar-refractivity contribution is 7.98. The maximum absolute atomic E-state index is 13.4. The summed E-state index contributed by atoms with van der Waals surface area (Å²) in [5.41, 5.74) is 2.53. The third kappa shape index (κ3) is 2.19. The minimum absolute atomic E-state index is 0.267. The maximum Gasteiger partial charge on any atom is 0.182 e. The Hall–Kier alpha value is -1.59. The molecule has 96 valence electrons. The largest absolute Gasteiger partial charge is 0.330 e. The fraction of sp³-hybridized carbons (Fsp3) is 0.0714. The van der Waals surface area contributed by atoms with Crippen LogP contribution in [0.2, 0.25) is 0 Å². The third-order valence-corrected chi connectivity index (χ3v) is 3.97. The molecule has 5 heteroatoms. The van der Waals surface area contributed by atoms with Crippen molar-refractivity contribution in [2.45, 2.75) is 4.90 Å². The Morgan fingerprint density at radius 2 is 2.05 bits per heavy atom. The molecule has 0 atom stereocenters. The lowest BCUT2D eigenvalue weighted by Crippen LogP contribution is -1.94. The zero-order valence-corrected chi connectivity index (χ0v) is 11.8. The molecule has 1 heterocycles. The van der Waals surface area contributed by atoms with Gasteiger partial charge in [0.15, 0.2) is 4.77 Å². The summed E-state index contributed by atoms with van der Waals surface area (Å²) in [5, 5.41) is 0. The van der Waals surface area contributed by atoms with Crippen molar-refractivity contribution in [2.24, 2.45) is 0 Å². The topological polar surface area (TPSA) is 20.7 Å². The van der Waals surface area contributed by atoms with Crippen molar-refractivity contribution in [1.29, 1.82) is 0 Å². The number of aromatic amines is 1. The third-order valence-electron chi connectivity index (χ3n) is 2.96. The number of hydrogen-bond donors (Lipinski definition) is 1. The van der Waals surface area contributed by atoms with Crippen LogP contribution in [0.5, 0.6) is 0 Å². The van der Waals surface area contributed by atoms with Crippen molar-refractivity contribution >= 4 is 35.0 Å². The molecule has 0 fully saturated rings. The van der Waals surface area contributed by atoms with E-state index >= 15 is 0 Å². The Balaban J connectivity index is 2.32. The number of rotatable bonds is 2. The minimum Gasteiger partial charge on any atom is -0.330 e. The second-order valence-corrected chi connectivity index (χ2v) is 5.39. The molecule has 0 spiro atoms. The molecule has 0 bridgehead atoms. The van der Waals surface area contributed by atoms with E-state index in [0.717, 1.165) is 21.6 Å². The Bertz CT molecular complexity index is 805. The molecular weight excluding hydrogens is 279 g/mol. The molecule has 0 amide bonds. The van der Waals surface area contributed by atoms with E-state index in [1.165, 1.54) is 12.1 Å². The number of thioether (sulfide) groups is 1. The summed E-state index contributed by atoms with van der Waals surface area (Å²) >= 11 is 7.00. The number of hydrogen-bond acceptors (Lipinski definition) is 2. The summed E-state index contributed by atoms with van der Waals surface area (Å²) in [6.07, 6.45) is 2.02. The molecule has 2 nitrogen and oxygen atoms in total. The van der Waals surface area contributed by atoms with Crippen molar-refractivity contribution in [3.8, 4) is 5.69 Å². The highest BCUT2D eigenvalue weighted by Crippen LogP contribution is 2.23. The van der Waals surface area contributed by atoms with Gasteiger partial charge in [0.05, 0.1) is 11.0 Å². The van der Waals surface area contributed by atoms with E-state index < -0.39 is 0 Å². The maximum atomic E-state index is 13.4. The monoisotopic (exact) mass is 290 g/mol. The fourth-order valence-electron chi connectivity index (χ4n) is 2.08. The Morgan fingerprint density at radius 3 is 2.84 bits per heavy atom. The molecule has 0 aliphatic heterocycles. The molecule has 0 aliphatic rings. The van der Waals surface area contributed by atoms with E-state index in [0.29, 0.717) is 4.77 Å². The van der Waals surface area contributed by atoms with Crippen LogP contribution in [0.25, 0.3) is 16.7 Å². The lowest BCUT2D eigenvalue weighted by molar-refractivity contribution is 0.629. The first-order valence-corrected chi connectivity index (χ1v) is 7.37. The smallest absolute Gasteiger partial charge is 0.182 e. The number of fused-ring (bicyclic) bond motifs is 1. The zero-order valence-electron chi connectivity index (χ0n) is 10.2. The van der Waals surface area contributed by atoms with Crippen molar-refractivity contribution < 1.29 is 4.39 Å². The van der Waals surface area contributed by atoms with E-state index in [9.17, 15) is 4.39 Å². The standard InChI is InChI=1S/C14H11FN2S2/c1-19-11-4-2-3-10(8-11)17-13-7-9(15)5-6-12(13)16-14(17)18/h2-8H,1H3,(H,16,18). The molecule has 0 aliphatic carbocycles. The van der Waals surface area contributed by atoms with Gasteiger partial charge >= 0.3 is 0 Å². The first-order chi connectivity index (χ1) is 9.19. The number of H-pyrrole nitrogens is 1. The lowest BCUT2D eigenvalue weighted by Gasteiger charge is -2.06. The predicted molar refractivity (Wildman–Crippen MR) is 80.2 cm³/mol. The number of nitrogens with zero attached hydrogens (tertiary/aromatic N) is 1. The molecule has 1 aromatic heterocycles. The Labute approximate surface area is 119 Å². The van der Waals surface area contributed by atoms with Crippen LogP contribution < -0.4 is 0 Å². The van der Waals surface area contributed by atoms with E-state index in [4.69, 9.17) is 12.2 Å². The summed E-state index contributed by atoms with van der Waals surface area (Å²) in [6, 6.07) is 12.6. The van der Waals surface area contributed by atoms with Gasteiger partial charge in [-0.15, -0.1) is 11.8 Å². The molecule has 3 rings (SSSR count). The van der Waals surface area contributed by atoms with E-state index in [1.807, 2.05) is 35.1 Å². The Morgan fingerprint density at radius 1 is 1.21 bits per heavy atom. The summed E-state index contributed by atoms with van der Waals surface area (Å²) < 4.78 is 15.8. The summed E-state index contributed by atoms with van der Waals surface area (Å²) in [7, 11) is 0. The van der Waals surface area contributed by atoms with Crippen LogP contribution in [0.1, 0.15) is 0 Å². The molecule has 0 saturated heterocycles. The molecule has 2 aromatic carbocycles. The van der Waals surface area contributed by atoms with Crippen LogP contribution in [-0.4, -0.2) is 15.8 Å². The highest BCUT2D eigenvalue weighted by Gasteiger charge is 2.07. The first kappa shape index (κ1) is 12.4. The van der Waals surface area contributed by atoms with Gasteiger partial charge in [-0.3, -0.25) is 4.57 Å². The second kappa shape index (κ2) is 4.83. The van der Waals surface area contributed by atoms with Crippen LogP contribution in [0, 0.1) is 10.6 Å². The number of benzene rings is 2. The van der Waals surface area contributed by atoms with Gasteiger partial charge in [0.1, 0.15) is 5.82 Å². The van der Waals surface area contributed by atoms with Crippen molar-refractivity contribution in [3.63, 3.8) is 0 Å². The summed E-state index contributed by atoms with van der Waals surface area (Å²) in [5.74, 6) is -0.267. The minimum atomic E-state index is -0.267. The summed E-state index contributed by atoms with van der Waals surface area (Å²) in [4.78, 5) is 4.24. The average Bonchev–Trinajstić information content (AvgIpc) is 2.74. The molecule has 0 saturated carbocycles. The van der Waals surface area contributed by atoms with Gasteiger partial charge in [-0.1, -0.05) is 6.07 Å². The highest BCUT2D eigenvalue weighted by atomic mass is 32.2. The van der Waals surface area contributed by atoms with Gasteiger partial charge in [-0.05, 0) is 48.8 Å². The van der Waals surface area contributed by atoms with Crippen LogP contribution in [-0.2, 0) is 0 Å².